The minimum Gasteiger partial charge on any atom is -0.508 e. The first-order valence-electron chi connectivity index (χ1n) is 7.35. The Kier molecular flexibility index (Phi) is 6.41. The number of aromatic carboxylic acids is 1. The average Bonchev–Trinajstić information content (AvgIpc) is 2.58. The molecular weight excluding hydrogens is 324 g/mol. The van der Waals surface area contributed by atoms with E-state index in [4.69, 9.17) is 21.8 Å². The van der Waals surface area contributed by atoms with Gasteiger partial charge in [0.15, 0.2) is 0 Å². The molecule has 0 radical (unpaired) electrons. The van der Waals surface area contributed by atoms with Crippen molar-refractivity contribution in [2.24, 2.45) is 0 Å². The molecule has 0 bridgehead atoms. The van der Waals surface area contributed by atoms with Crippen LogP contribution in [-0.4, -0.2) is 16.2 Å². The normalized spacial score (nSPS) is 9.71. The van der Waals surface area contributed by atoms with E-state index in [0.29, 0.717) is 11.3 Å². The van der Waals surface area contributed by atoms with Crippen molar-refractivity contribution >= 4 is 17.6 Å². The third-order valence-corrected chi connectivity index (χ3v) is 3.49. The Morgan fingerprint density at radius 2 is 1.50 bits per heavy atom. The van der Waals surface area contributed by atoms with Gasteiger partial charge in [0.05, 0.1) is 5.56 Å². The van der Waals surface area contributed by atoms with Gasteiger partial charge in [-0.05, 0) is 53.9 Å². The zero-order valence-corrected chi connectivity index (χ0v) is 13.6. The fourth-order valence-electron chi connectivity index (χ4n) is 2.08. The zero-order valence-electron chi connectivity index (χ0n) is 12.9. The molecule has 0 unspecified atom stereocenters. The molecule has 3 aromatic carbocycles. The third-order valence-electron chi connectivity index (χ3n) is 3.25. The first-order chi connectivity index (χ1) is 11.5. The predicted octanol–water partition coefficient (Wildman–Crippen LogP) is 5.02. The van der Waals surface area contributed by atoms with Crippen LogP contribution in [0.3, 0.4) is 0 Å². The summed E-state index contributed by atoms with van der Waals surface area (Å²) >= 11 is 5.90. The predicted molar refractivity (Wildman–Crippen MR) is 95.8 cm³/mol. The fourth-order valence-corrected chi connectivity index (χ4v) is 2.29. The molecule has 0 aliphatic rings. The van der Waals surface area contributed by atoms with Gasteiger partial charge in [-0.3, -0.25) is 0 Å². The van der Waals surface area contributed by atoms with Crippen LogP contribution in [0.5, 0.6) is 5.75 Å². The Balaban J connectivity index is 0.000000198. The van der Waals surface area contributed by atoms with E-state index in [1.165, 1.54) is 5.56 Å². The SMILES string of the molecule is O=C(O)c1ccccc1.Oc1ccc(Cc2cccc(Cl)c2)cc1. The summed E-state index contributed by atoms with van der Waals surface area (Å²) in [6.07, 6.45) is 0.834. The highest BCUT2D eigenvalue weighted by molar-refractivity contribution is 6.30. The number of carboxylic acids is 1. The first-order valence-corrected chi connectivity index (χ1v) is 7.73. The lowest BCUT2D eigenvalue weighted by molar-refractivity contribution is 0.0697. The number of benzene rings is 3. The lowest BCUT2D eigenvalue weighted by Gasteiger charge is -2.02. The average molecular weight is 341 g/mol. The maximum atomic E-state index is 10.2. The fraction of sp³-hybridized carbons (Fsp3) is 0.0500. The van der Waals surface area contributed by atoms with Gasteiger partial charge in [0, 0.05) is 5.02 Å². The van der Waals surface area contributed by atoms with Gasteiger partial charge < -0.3 is 10.2 Å². The summed E-state index contributed by atoms with van der Waals surface area (Å²) in [5.41, 5.74) is 2.67. The van der Waals surface area contributed by atoms with Crippen molar-refractivity contribution in [1.82, 2.24) is 0 Å². The quantitative estimate of drug-likeness (QED) is 0.703. The number of phenols is 1. The molecule has 4 heteroatoms. The van der Waals surface area contributed by atoms with Gasteiger partial charge >= 0.3 is 5.97 Å². The van der Waals surface area contributed by atoms with E-state index < -0.39 is 5.97 Å². The van der Waals surface area contributed by atoms with Crippen molar-refractivity contribution in [2.75, 3.05) is 0 Å². The number of phenolic OH excluding ortho intramolecular Hbond substituents is 1. The van der Waals surface area contributed by atoms with E-state index in [1.807, 2.05) is 36.4 Å². The smallest absolute Gasteiger partial charge is 0.335 e. The molecule has 0 saturated carbocycles. The van der Waals surface area contributed by atoms with Crippen molar-refractivity contribution in [3.05, 3.63) is 101 Å². The molecule has 0 fully saturated rings. The number of hydrogen-bond donors (Lipinski definition) is 2. The summed E-state index contributed by atoms with van der Waals surface area (Å²) in [7, 11) is 0. The molecule has 0 saturated heterocycles. The van der Waals surface area contributed by atoms with E-state index >= 15 is 0 Å². The van der Waals surface area contributed by atoms with Crippen LogP contribution in [0.4, 0.5) is 0 Å². The number of carbonyl (C=O) groups is 1. The molecule has 0 aliphatic heterocycles. The highest BCUT2D eigenvalue weighted by atomic mass is 35.5. The van der Waals surface area contributed by atoms with Crippen molar-refractivity contribution in [2.45, 2.75) is 6.42 Å². The molecule has 0 aliphatic carbocycles. The molecule has 3 rings (SSSR count). The first kappa shape index (κ1) is 17.6. The van der Waals surface area contributed by atoms with Crippen LogP contribution in [0.25, 0.3) is 0 Å². The number of rotatable bonds is 3. The molecule has 3 aromatic rings. The van der Waals surface area contributed by atoms with E-state index in [9.17, 15) is 4.79 Å². The summed E-state index contributed by atoms with van der Waals surface area (Å²) in [5.74, 6) is -0.583. The van der Waals surface area contributed by atoms with Gasteiger partial charge in [-0.25, -0.2) is 4.79 Å². The summed E-state index contributed by atoms with van der Waals surface area (Å²) < 4.78 is 0. The third kappa shape index (κ3) is 5.78. The summed E-state index contributed by atoms with van der Waals surface area (Å²) in [6.45, 7) is 0. The molecule has 0 spiro atoms. The van der Waals surface area contributed by atoms with Crippen LogP contribution in [0.2, 0.25) is 5.02 Å². The Hall–Kier alpha value is -2.78. The Labute approximate surface area is 145 Å². The van der Waals surface area contributed by atoms with E-state index in [-0.39, 0.29) is 0 Å². The van der Waals surface area contributed by atoms with Gasteiger partial charge in [-0.1, -0.05) is 54.1 Å². The van der Waals surface area contributed by atoms with Gasteiger partial charge in [0.1, 0.15) is 5.75 Å². The largest absolute Gasteiger partial charge is 0.508 e. The molecule has 0 atom stereocenters. The minimum absolute atomic E-state index is 0.296. The Morgan fingerprint density at radius 1 is 0.833 bits per heavy atom. The Morgan fingerprint density at radius 3 is 2.04 bits per heavy atom. The lowest BCUT2D eigenvalue weighted by Crippen LogP contribution is -1.93. The molecular formula is C20H17ClO3. The van der Waals surface area contributed by atoms with E-state index in [1.54, 1.807) is 42.5 Å². The van der Waals surface area contributed by atoms with Gasteiger partial charge in [0.2, 0.25) is 0 Å². The number of carboxylic acid groups (broad SMARTS) is 1. The highest BCUT2D eigenvalue weighted by Gasteiger charge is 1.97. The van der Waals surface area contributed by atoms with Crippen LogP contribution in [0.1, 0.15) is 21.5 Å². The van der Waals surface area contributed by atoms with Crippen LogP contribution in [0.15, 0.2) is 78.9 Å². The van der Waals surface area contributed by atoms with Crippen LogP contribution >= 0.6 is 11.6 Å². The molecule has 122 valence electrons. The lowest BCUT2D eigenvalue weighted by atomic mass is 10.1. The van der Waals surface area contributed by atoms with Gasteiger partial charge in [-0.2, -0.15) is 0 Å². The van der Waals surface area contributed by atoms with Crippen molar-refractivity contribution in [3.8, 4) is 5.75 Å². The number of hydrogen-bond acceptors (Lipinski definition) is 2. The summed E-state index contributed by atoms with van der Waals surface area (Å²) in [5, 5.41) is 18.3. The summed E-state index contributed by atoms with van der Waals surface area (Å²) in [4.78, 5) is 10.2. The van der Waals surface area contributed by atoms with E-state index in [0.717, 1.165) is 17.0 Å². The molecule has 24 heavy (non-hydrogen) atoms. The van der Waals surface area contributed by atoms with Crippen LogP contribution in [-0.2, 0) is 6.42 Å². The Bertz CT molecular complexity index is 783. The number of halogens is 1. The maximum Gasteiger partial charge on any atom is 0.335 e. The molecule has 3 nitrogen and oxygen atoms in total. The zero-order chi connectivity index (χ0) is 17.4. The second-order valence-electron chi connectivity index (χ2n) is 5.14. The molecule has 0 aromatic heterocycles. The van der Waals surface area contributed by atoms with Gasteiger partial charge in [-0.15, -0.1) is 0 Å². The van der Waals surface area contributed by atoms with Crippen molar-refractivity contribution < 1.29 is 15.0 Å². The molecule has 2 N–H and O–H groups in total. The van der Waals surface area contributed by atoms with Crippen molar-refractivity contribution in [3.63, 3.8) is 0 Å². The second-order valence-corrected chi connectivity index (χ2v) is 5.58. The highest BCUT2D eigenvalue weighted by Crippen LogP contribution is 2.16. The minimum atomic E-state index is -0.879. The second kappa shape index (κ2) is 8.75. The maximum absolute atomic E-state index is 10.2. The number of aromatic hydroxyl groups is 1. The topological polar surface area (TPSA) is 57.5 Å². The van der Waals surface area contributed by atoms with Crippen molar-refractivity contribution in [1.29, 1.82) is 0 Å². The monoisotopic (exact) mass is 340 g/mol. The summed E-state index contributed by atoms with van der Waals surface area (Å²) in [6, 6.07) is 23.3. The van der Waals surface area contributed by atoms with Gasteiger partial charge in [0.25, 0.3) is 0 Å². The van der Waals surface area contributed by atoms with Crippen LogP contribution < -0.4 is 0 Å². The van der Waals surface area contributed by atoms with Crippen LogP contribution in [0, 0.1) is 0 Å². The standard InChI is InChI=1S/C13H11ClO.C7H6O2/c14-12-3-1-2-11(9-12)8-10-4-6-13(15)7-5-10;8-7(9)6-4-2-1-3-5-6/h1-7,9,15H,8H2;1-5H,(H,8,9). The van der Waals surface area contributed by atoms with E-state index in [2.05, 4.69) is 0 Å². The molecule has 0 amide bonds. The molecule has 0 heterocycles.